The maximum absolute atomic E-state index is 11.9. The quantitative estimate of drug-likeness (QED) is 0.629. The number of hydrogen-bond acceptors (Lipinski definition) is 2. The second kappa shape index (κ2) is 5.75. The summed E-state index contributed by atoms with van der Waals surface area (Å²) in [5.41, 5.74) is 2.86. The molecule has 6 heteroatoms. The lowest BCUT2D eigenvalue weighted by atomic mass is 10.2. The Morgan fingerprint density at radius 3 is 2.61 bits per heavy atom. The molecule has 0 N–H and O–H groups in total. The van der Waals surface area contributed by atoms with E-state index >= 15 is 0 Å². The van der Waals surface area contributed by atoms with Crippen molar-refractivity contribution in [2.24, 2.45) is 0 Å². The van der Waals surface area contributed by atoms with Crippen LogP contribution in [0.4, 0.5) is 4.79 Å². The topological polar surface area (TPSA) is 31.2 Å². The Morgan fingerprint density at radius 2 is 2.06 bits per heavy atom. The molecule has 0 fully saturated rings. The third kappa shape index (κ3) is 2.26. The number of carbonyl (C=O) groups is 1. The molecular weight excluding hydrogens is 430 g/mol. The SMILES string of the molecule is COC(=O)n1c(CBr)c(CBr)c2cc(Br)ccc21. The van der Waals surface area contributed by atoms with E-state index in [1.165, 1.54) is 7.11 Å². The molecule has 0 unspecified atom stereocenters. The van der Waals surface area contributed by atoms with Gasteiger partial charge < -0.3 is 4.74 Å². The van der Waals surface area contributed by atoms with Crippen LogP contribution in [-0.2, 0) is 15.4 Å². The molecule has 18 heavy (non-hydrogen) atoms. The van der Waals surface area contributed by atoms with E-state index in [2.05, 4.69) is 47.8 Å². The van der Waals surface area contributed by atoms with E-state index in [0.29, 0.717) is 10.7 Å². The number of benzene rings is 1. The maximum Gasteiger partial charge on any atom is 0.418 e. The number of aromatic nitrogens is 1. The van der Waals surface area contributed by atoms with Crippen molar-refractivity contribution in [3.63, 3.8) is 0 Å². The summed E-state index contributed by atoms with van der Waals surface area (Å²) in [6.45, 7) is 0. The van der Waals surface area contributed by atoms with E-state index in [-0.39, 0.29) is 6.09 Å². The second-order valence-electron chi connectivity index (χ2n) is 3.66. The molecule has 96 valence electrons. The van der Waals surface area contributed by atoms with Crippen molar-refractivity contribution in [2.75, 3.05) is 7.11 Å². The van der Waals surface area contributed by atoms with Gasteiger partial charge in [0, 0.05) is 26.2 Å². The van der Waals surface area contributed by atoms with Crippen molar-refractivity contribution < 1.29 is 9.53 Å². The molecule has 1 heterocycles. The number of alkyl halides is 2. The minimum absolute atomic E-state index is 0.371. The van der Waals surface area contributed by atoms with E-state index < -0.39 is 0 Å². The molecule has 0 bridgehead atoms. The van der Waals surface area contributed by atoms with Gasteiger partial charge in [0.15, 0.2) is 0 Å². The average Bonchev–Trinajstić information content (AvgIpc) is 2.70. The van der Waals surface area contributed by atoms with Gasteiger partial charge in [-0.1, -0.05) is 47.8 Å². The van der Waals surface area contributed by atoms with Crippen molar-refractivity contribution >= 4 is 64.8 Å². The Morgan fingerprint density at radius 1 is 1.33 bits per heavy atom. The highest BCUT2D eigenvalue weighted by atomic mass is 79.9. The number of ether oxygens (including phenoxy) is 1. The molecule has 3 nitrogen and oxygen atoms in total. The van der Waals surface area contributed by atoms with E-state index in [1.54, 1.807) is 4.57 Å². The molecule has 0 aliphatic heterocycles. The van der Waals surface area contributed by atoms with Gasteiger partial charge in [0.05, 0.1) is 12.6 Å². The van der Waals surface area contributed by atoms with Crippen molar-refractivity contribution in [3.8, 4) is 0 Å². The van der Waals surface area contributed by atoms with Crippen LogP contribution >= 0.6 is 47.8 Å². The van der Waals surface area contributed by atoms with Crippen molar-refractivity contribution in [2.45, 2.75) is 10.7 Å². The van der Waals surface area contributed by atoms with Crippen molar-refractivity contribution in [3.05, 3.63) is 33.9 Å². The summed E-state index contributed by atoms with van der Waals surface area (Å²) in [4.78, 5) is 11.9. The number of rotatable bonds is 2. The predicted octanol–water partition coefficient (Wildman–Crippen LogP) is 4.81. The van der Waals surface area contributed by atoms with Gasteiger partial charge in [0.25, 0.3) is 0 Å². The number of carbonyl (C=O) groups excluding carboxylic acids is 1. The van der Waals surface area contributed by atoms with Gasteiger partial charge in [0.2, 0.25) is 0 Å². The summed E-state index contributed by atoms with van der Waals surface area (Å²) in [6.07, 6.45) is -0.371. The average molecular weight is 440 g/mol. The van der Waals surface area contributed by atoms with Gasteiger partial charge in [-0.15, -0.1) is 0 Å². The fourth-order valence-corrected chi connectivity index (χ4v) is 3.55. The Hall–Kier alpha value is -0.330. The van der Waals surface area contributed by atoms with Crippen LogP contribution in [0.25, 0.3) is 10.9 Å². The molecule has 1 aromatic heterocycles. The minimum Gasteiger partial charge on any atom is -0.452 e. The predicted molar refractivity (Wildman–Crippen MR) is 82.7 cm³/mol. The zero-order valence-corrected chi connectivity index (χ0v) is 14.3. The highest BCUT2D eigenvalue weighted by molar-refractivity contribution is 9.10. The van der Waals surface area contributed by atoms with Crippen LogP contribution in [0.1, 0.15) is 11.3 Å². The molecular formula is C12H10Br3NO2. The largest absolute Gasteiger partial charge is 0.452 e. The highest BCUT2D eigenvalue weighted by Crippen LogP contribution is 2.31. The third-order valence-electron chi connectivity index (χ3n) is 2.76. The normalized spacial score (nSPS) is 10.9. The molecule has 0 amide bonds. The molecule has 0 radical (unpaired) electrons. The minimum atomic E-state index is -0.371. The van der Waals surface area contributed by atoms with Crippen LogP contribution in [0, 0.1) is 0 Å². The van der Waals surface area contributed by atoms with Gasteiger partial charge in [0.1, 0.15) is 0 Å². The molecule has 0 spiro atoms. The number of halogens is 3. The van der Waals surface area contributed by atoms with E-state index in [9.17, 15) is 4.79 Å². The van der Waals surface area contributed by atoms with Crippen LogP contribution in [0.5, 0.6) is 0 Å². The first kappa shape index (κ1) is 14.1. The number of hydrogen-bond donors (Lipinski definition) is 0. The van der Waals surface area contributed by atoms with Crippen LogP contribution < -0.4 is 0 Å². The van der Waals surface area contributed by atoms with E-state index in [4.69, 9.17) is 4.74 Å². The molecule has 0 saturated carbocycles. The number of nitrogens with zero attached hydrogens (tertiary/aromatic N) is 1. The molecule has 1 aromatic carbocycles. The van der Waals surface area contributed by atoms with Crippen molar-refractivity contribution in [1.82, 2.24) is 4.57 Å². The fraction of sp³-hybridized carbons (Fsp3) is 0.250. The second-order valence-corrected chi connectivity index (χ2v) is 5.70. The first-order valence-electron chi connectivity index (χ1n) is 5.16. The van der Waals surface area contributed by atoms with E-state index in [1.807, 2.05) is 18.2 Å². The van der Waals surface area contributed by atoms with Crippen LogP contribution in [0.15, 0.2) is 22.7 Å². The van der Waals surface area contributed by atoms with E-state index in [0.717, 1.165) is 26.6 Å². The first-order chi connectivity index (χ1) is 8.63. The van der Waals surface area contributed by atoms with Crippen LogP contribution in [0.2, 0.25) is 0 Å². The highest BCUT2D eigenvalue weighted by Gasteiger charge is 2.20. The van der Waals surface area contributed by atoms with Crippen LogP contribution in [0.3, 0.4) is 0 Å². The monoisotopic (exact) mass is 437 g/mol. The smallest absolute Gasteiger partial charge is 0.418 e. The summed E-state index contributed by atoms with van der Waals surface area (Å²) in [7, 11) is 1.39. The zero-order valence-electron chi connectivity index (χ0n) is 9.54. The lowest BCUT2D eigenvalue weighted by molar-refractivity contribution is 0.173. The number of fused-ring (bicyclic) bond motifs is 1. The lowest BCUT2D eigenvalue weighted by Crippen LogP contribution is -2.14. The third-order valence-corrected chi connectivity index (χ3v) is 4.35. The molecule has 0 atom stereocenters. The molecule has 2 rings (SSSR count). The fourth-order valence-electron chi connectivity index (χ4n) is 1.97. The van der Waals surface area contributed by atoms with Crippen LogP contribution in [-0.4, -0.2) is 17.8 Å². The van der Waals surface area contributed by atoms with Crippen molar-refractivity contribution in [1.29, 1.82) is 0 Å². The standard InChI is InChI=1S/C12H10Br3NO2/c1-18-12(17)16-10-3-2-7(15)4-8(10)9(5-13)11(16)6-14/h2-4H,5-6H2,1H3. The summed E-state index contributed by atoms with van der Waals surface area (Å²) in [6, 6.07) is 5.84. The van der Waals surface area contributed by atoms with Gasteiger partial charge >= 0.3 is 6.09 Å². The lowest BCUT2D eigenvalue weighted by Gasteiger charge is -2.06. The zero-order chi connectivity index (χ0) is 13.3. The van der Waals surface area contributed by atoms with Gasteiger partial charge in [-0.2, -0.15) is 0 Å². The molecule has 0 aliphatic rings. The van der Waals surface area contributed by atoms with Gasteiger partial charge in [-0.05, 0) is 23.8 Å². The summed E-state index contributed by atoms with van der Waals surface area (Å²) in [5, 5.41) is 2.32. The summed E-state index contributed by atoms with van der Waals surface area (Å²) in [5.74, 6) is 0. The van der Waals surface area contributed by atoms with Gasteiger partial charge in [-0.3, -0.25) is 0 Å². The Labute approximate surface area is 130 Å². The Balaban J connectivity index is 2.86. The summed E-state index contributed by atoms with van der Waals surface area (Å²) >= 11 is 10.4. The molecule has 0 aliphatic carbocycles. The first-order valence-corrected chi connectivity index (χ1v) is 8.19. The maximum atomic E-state index is 11.9. The van der Waals surface area contributed by atoms with Gasteiger partial charge in [-0.25, -0.2) is 9.36 Å². The Kier molecular flexibility index (Phi) is 4.50. The Bertz CT molecular complexity index is 607. The molecule has 2 aromatic rings. The summed E-state index contributed by atoms with van der Waals surface area (Å²) < 4.78 is 7.44. The molecule has 0 saturated heterocycles. The number of methoxy groups -OCH3 is 1.